The molecule has 0 saturated carbocycles. The monoisotopic (exact) mass is 1140 g/mol. The van der Waals surface area contributed by atoms with Crippen LogP contribution in [0.5, 0.6) is 5.75 Å². The molecule has 5 aromatic rings. The highest BCUT2D eigenvalue weighted by molar-refractivity contribution is 7.91. The number of aryl methyl sites for hydroxylation is 2. The predicted molar refractivity (Wildman–Crippen MR) is 322 cm³/mol. The van der Waals surface area contributed by atoms with Crippen molar-refractivity contribution in [3.05, 3.63) is 95.6 Å². The zero-order valence-corrected chi connectivity index (χ0v) is 49.8. The second-order valence-electron chi connectivity index (χ2n) is 20.0. The summed E-state index contributed by atoms with van der Waals surface area (Å²) >= 11 is -1.51. The Kier molecular flexibility index (Phi) is 22.6. The van der Waals surface area contributed by atoms with E-state index in [9.17, 15) is 17.4 Å². The SMILES string of the molecule is CCCCCCCCCCC(Oc1ccc(N2CCS(=O)(=O)CC2)cc1)C(=O)NCCc1nnc2n1N=C(C)C2=Nc1ccc(N(CC)CCNS(=O)OC)cc1C.CCN(CC)c1ccc(N=C2C(C)=Nn3c(C)nnc32)cc1. The molecule has 0 spiro atoms. The van der Waals surface area contributed by atoms with Crippen LogP contribution in [-0.2, 0) is 36.5 Å². The molecule has 3 aliphatic heterocycles. The Morgan fingerprint density at radius 2 is 1.34 bits per heavy atom. The number of fused-ring (bicyclic) bond motifs is 2. The number of unbranched alkanes of at least 4 members (excludes halogenated alkanes) is 7. The number of sulfone groups is 1. The summed E-state index contributed by atoms with van der Waals surface area (Å²) < 4.78 is 52.7. The Hall–Kier alpha value is -6.69. The molecule has 8 rings (SSSR count). The molecule has 23 heteroatoms. The minimum absolute atomic E-state index is 0.152. The van der Waals surface area contributed by atoms with E-state index in [0.717, 1.165) is 90.2 Å². The van der Waals surface area contributed by atoms with E-state index in [1.165, 1.54) is 44.9 Å². The van der Waals surface area contributed by atoms with Gasteiger partial charge in [0.25, 0.3) is 5.91 Å². The lowest BCUT2D eigenvalue weighted by molar-refractivity contribution is -0.128. The van der Waals surface area contributed by atoms with E-state index in [-0.39, 0.29) is 17.4 Å². The van der Waals surface area contributed by atoms with Crippen LogP contribution in [0.4, 0.5) is 28.4 Å². The number of ether oxygens (including phenoxy) is 1. The van der Waals surface area contributed by atoms with E-state index in [4.69, 9.17) is 19.0 Å². The summed E-state index contributed by atoms with van der Waals surface area (Å²) in [6.45, 7) is 21.6. The molecule has 1 fully saturated rings. The molecule has 3 aromatic carbocycles. The van der Waals surface area contributed by atoms with Crippen molar-refractivity contribution in [3.8, 4) is 5.75 Å². The van der Waals surface area contributed by atoms with Crippen molar-refractivity contribution in [2.75, 3.05) is 85.7 Å². The Bertz CT molecular complexity index is 3100. The number of hydrogen-bond donors (Lipinski definition) is 2. The Morgan fingerprint density at radius 1 is 0.725 bits per heavy atom. The highest BCUT2D eigenvalue weighted by Crippen LogP contribution is 2.28. The number of aliphatic imine (C=N–C) groups is 2. The number of benzene rings is 3. The quantitative estimate of drug-likeness (QED) is 0.0450. The van der Waals surface area contributed by atoms with E-state index in [1.807, 2.05) is 76.2 Å². The number of likely N-dealkylation sites (N-methyl/N-ethyl adjacent to an activating group) is 1. The number of carbonyl (C=O) groups is 1. The summed E-state index contributed by atoms with van der Waals surface area (Å²) in [4.78, 5) is 29.8. The highest BCUT2D eigenvalue weighted by Gasteiger charge is 2.28. The van der Waals surface area contributed by atoms with Gasteiger partial charge < -0.3 is 24.8 Å². The van der Waals surface area contributed by atoms with E-state index in [1.54, 1.807) is 9.35 Å². The van der Waals surface area contributed by atoms with Crippen LogP contribution in [0.25, 0.3) is 0 Å². The molecule has 2 unspecified atom stereocenters. The van der Waals surface area contributed by atoms with E-state index in [2.05, 4.69) is 101 Å². The molecule has 3 aliphatic rings. The van der Waals surface area contributed by atoms with Gasteiger partial charge in [-0.2, -0.15) is 19.6 Å². The molecular weight excluding hydrogens is 1050 g/mol. The molecule has 2 N–H and O–H groups in total. The summed E-state index contributed by atoms with van der Waals surface area (Å²) in [6, 6.07) is 21.9. The molecular formula is C57H81N15O6S2. The lowest BCUT2D eigenvalue weighted by atomic mass is 10.1. The maximum absolute atomic E-state index is 13.6. The summed E-state index contributed by atoms with van der Waals surface area (Å²) in [6.07, 6.45) is 9.66. The van der Waals surface area contributed by atoms with Crippen LogP contribution in [-0.4, -0.2) is 148 Å². The van der Waals surface area contributed by atoms with E-state index < -0.39 is 27.2 Å². The number of nitrogens with one attached hydrogen (secondary N) is 2. The van der Waals surface area contributed by atoms with Gasteiger partial charge >= 0.3 is 0 Å². The van der Waals surface area contributed by atoms with E-state index >= 15 is 0 Å². The van der Waals surface area contributed by atoms with Crippen molar-refractivity contribution < 1.29 is 26.3 Å². The first-order valence-electron chi connectivity index (χ1n) is 28.2. The molecule has 21 nitrogen and oxygen atoms in total. The van der Waals surface area contributed by atoms with Crippen molar-refractivity contribution >= 4 is 78.3 Å². The van der Waals surface area contributed by atoms with Gasteiger partial charge in [0.15, 0.2) is 27.6 Å². The third-order valence-corrected chi connectivity index (χ3v) is 16.7. The maximum Gasteiger partial charge on any atom is 0.261 e. The van der Waals surface area contributed by atoms with Crippen molar-refractivity contribution in [3.63, 3.8) is 0 Å². The Labute approximate surface area is 475 Å². The Balaban J connectivity index is 0.000000347. The van der Waals surface area contributed by atoms with Crippen LogP contribution >= 0.6 is 0 Å². The average molecular weight is 1140 g/mol. The van der Waals surface area contributed by atoms with Gasteiger partial charge in [-0.1, -0.05) is 51.9 Å². The molecule has 0 radical (unpaired) electrons. The first kappa shape index (κ1) is 60.9. The van der Waals surface area contributed by atoms with Crippen LogP contribution < -0.4 is 29.5 Å². The molecule has 0 aliphatic carbocycles. The second-order valence-corrected chi connectivity index (χ2v) is 23.4. The van der Waals surface area contributed by atoms with Crippen LogP contribution in [0.3, 0.4) is 0 Å². The molecule has 2 aromatic heterocycles. The zero-order chi connectivity index (χ0) is 57.2. The van der Waals surface area contributed by atoms with Crippen molar-refractivity contribution in [2.45, 2.75) is 126 Å². The highest BCUT2D eigenvalue weighted by atomic mass is 32.2. The minimum Gasteiger partial charge on any atom is -0.481 e. The molecule has 2 atom stereocenters. The smallest absolute Gasteiger partial charge is 0.261 e. The average Bonchev–Trinajstić information content (AvgIpc) is 4.23. The van der Waals surface area contributed by atoms with Crippen molar-refractivity contribution in [2.24, 2.45) is 20.2 Å². The zero-order valence-electron chi connectivity index (χ0n) is 48.2. The number of anilines is 3. The lowest BCUT2D eigenvalue weighted by Crippen LogP contribution is -2.40. The van der Waals surface area contributed by atoms with Crippen LogP contribution in [0.2, 0.25) is 0 Å². The summed E-state index contributed by atoms with van der Waals surface area (Å²) in [7, 11) is -1.57. The molecule has 1 amide bonds. The van der Waals surface area contributed by atoms with Gasteiger partial charge in [-0.05, 0) is 134 Å². The molecule has 1 saturated heterocycles. The summed E-state index contributed by atoms with van der Waals surface area (Å²) in [5, 5.41) is 29.2. The number of amides is 1. The van der Waals surface area contributed by atoms with Crippen LogP contribution in [0.15, 0.2) is 86.9 Å². The van der Waals surface area contributed by atoms with Crippen molar-refractivity contribution in [1.29, 1.82) is 0 Å². The van der Waals surface area contributed by atoms with E-state index in [0.29, 0.717) is 74.5 Å². The first-order valence-corrected chi connectivity index (χ1v) is 31.1. The molecule has 432 valence electrons. The molecule has 80 heavy (non-hydrogen) atoms. The predicted octanol–water partition coefficient (Wildman–Crippen LogP) is 8.25. The molecule has 5 heterocycles. The standard InChI is InChI=1S/C41H61N9O6S2.C16H20N6/c1-6-8-9-10-11-12-13-14-15-37(56-35-19-16-33(17-20-35)49-26-28-58(53,54)29-27-49)41(51)42-23-22-38-45-46-40-39(32(4)47-50(38)40)44-36-21-18-34(30-31(36)3)48(7-2)25-24-43-57(52)55-5;1-5-21(6-2)14-9-7-13(8-10-14)17-15-11(3)20-22-12(4)18-19-16(15)22/h16-21,30,37,43H,6-15,22-29H2,1-5H3,(H,42,51);7-10H,5-6H2,1-4H3. The van der Waals surface area contributed by atoms with Crippen LogP contribution in [0.1, 0.15) is 128 Å². The number of carbonyl (C=O) groups excluding carboxylic acids is 1. The number of hydrogen-bond acceptors (Lipinski definition) is 17. The lowest BCUT2D eigenvalue weighted by Gasteiger charge is -2.29. The first-order chi connectivity index (χ1) is 38.6. The normalized spacial score (nSPS) is 16.1. The Morgan fingerprint density at radius 3 is 1.99 bits per heavy atom. The molecule has 0 bridgehead atoms. The van der Waals surface area contributed by atoms with Gasteiger partial charge in [0.2, 0.25) is 22.9 Å². The van der Waals surface area contributed by atoms with Crippen LogP contribution in [0, 0.1) is 13.8 Å². The summed E-state index contributed by atoms with van der Waals surface area (Å²) in [5.74, 6) is 3.38. The number of nitrogens with zero attached hydrogens (tertiary/aromatic N) is 13. The second kappa shape index (κ2) is 29.7. The van der Waals surface area contributed by atoms with Gasteiger partial charge in [-0.3, -0.25) is 8.98 Å². The van der Waals surface area contributed by atoms with Gasteiger partial charge in [-0.15, -0.1) is 20.4 Å². The summed E-state index contributed by atoms with van der Waals surface area (Å²) in [5.41, 5.74) is 8.90. The van der Waals surface area contributed by atoms with Gasteiger partial charge in [0.05, 0.1) is 41.4 Å². The van der Waals surface area contributed by atoms with Crippen molar-refractivity contribution in [1.82, 2.24) is 39.8 Å². The number of rotatable bonds is 28. The third kappa shape index (κ3) is 16.5. The number of aromatic nitrogens is 6. The fourth-order valence-corrected chi connectivity index (χ4v) is 11.2. The van der Waals surface area contributed by atoms with Gasteiger partial charge in [0.1, 0.15) is 17.2 Å². The fourth-order valence-electron chi connectivity index (χ4n) is 9.65. The third-order valence-electron chi connectivity index (χ3n) is 14.3. The minimum atomic E-state index is -2.97. The largest absolute Gasteiger partial charge is 0.481 e. The topological polar surface area (TPSA) is 231 Å². The fraction of sp³-hybridized carbons (Fsp3) is 0.526. The maximum atomic E-state index is 13.6. The van der Waals surface area contributed by atoms with Gasteiger partial charge in [0, 0.05) is 75.8 Å². The van der Waals surface area contributed by atoms with Gasteiger partial charge in [-0.25, -0.2) is 27.3 Å².